The highest BCUT2D eigenvalue weighted by Gasteiger charge is 2.26. The molecule has 1 unspecified atom stereocenters. The summed E-state index contributed by atoms with van der Waals surface area (Å²) in [6.45, 7) is 0. The van der Waals surface area contributed by atoms with Crippen molar-refractivity contribution in [3.8, 4) is 23.1 Å². The fourth-order valence-corrected chi connectivity index (χ4v) is 2.72. The second-order valence-electron chi connectivity index (χ2n) is 5.34. The Balaban J connectivity index is 1.86. The van der Waals surface area contributed by atoms with E-state index in [0.29, 0.717) is 23.1 Å². The zero-order valence-corrected chi connectivity index (χ0v) is 13.4. The van der Waals surface area contributed by atoms with E-state index in [2.05, 4.69) is 4.98 Å². The van der Waals surface area contributed by atoms with Crippen LogP contribution < -0.4 is 18.9 Å². The van der Waals surface area contributed by atoms with Crippen molar-refractivity contribution in [2.24, 2.45) is 0 Å². The van der Waals surface area contributed by atoms with Gasteiger partial charge < -0.3 is 28.9 Å². The third kappa shape index (κ3) is 3.39. The van der Waals surface area contributed by atoms with Crippen LogP contribution in [0.15, 0.2) is 30.5 Å². The Morgan fingerprint density at radius 2 is 2.04 bits per heavy atom. The molecule has 0 saturated heterocycles. The number of hydrogen-bond donors (Lipinski definition) is 2. The maximum Gasteiger partial charge on any atom is 0.707 e. The number of hydrogen-bond acceptors (Lipinski definition) is 7. The molecule has 24 heavy (non-hydrogen) atoms. The van der Waals surface area contributed by atoms with E-state index in [1.807, 2.05) is 6.07 Å². The van der Waals surface area contributed by atoms with Gasteiger partial charge in [-0.15, -0.1) is 0 Å². The second kappa shape index (κ2) is 6.98. The fraction of sp³-hybridized carbons (Fsp3) is 0.312. The molecule has 1 aromatic carbocycles. The number of nitrogens with zero attached hydrogens (tertiary/aromatic N) is 1. The molecule has 126 valence electrons. The van der Waals surface area contributed by atoms with Gasteiger partial charge in [0.2, 0.25) is 5.88 Å². The second-order valence-corrected chi connectivity index (χ2v) is 5.34. The SMILES string of the molecule is COc1ccc(C2CCc3cc(OB(O)O)cc(OC)c3O2)cn1. The minimum atomic E-state index is -1.88. The van der Waals surface area contributed by atoms with Crippen LogP contribution in [0.25, 0.3) is 0 Å². The summed E-state index contributed by atoms with van der Waals surface area (Å²) in [4.78, 5) is 4.21. The quantitative estimate of drug-likeness (QED) is 0.803. The smallest absolute Gasteiger partial charge is 0.512 e. The number of rotatable bonds is 5. The van der Waals surface area contributed by atoms with Gasteiger partial charge in [0.15, 0.2) is 11.5 Å². The van der Waals surface area contributed by atoms with Gasteiger partial charge in [0.1, 0.15) is 11.9 Å². The highest BCUT2D eigenvalue weighted by atomic mass is 16.6. The molecular weight excluding hydrogens is 313 g/mol. The number of fused-ring (bicyclic) bond motifs is 1. The van der Waals surface area contributed by atoms with Gasteiger partial charge in [-0.25, -0.2) is 4.98 Å². The molecule has 0 spiro atoms. The molecule has 3 rings (SSSR count). The van der Waals surface area contributed by atoms with E-state index in [1.54, 1.807) is 31.5 Å². The lowest BCUT2D eigenvalue weighted by Crippen LogP contribution is -2.21. The number of aromatic nitrogens is 1. The zero-order chi connectivity index (χ0) is 17.1. The van der Waals surface area contributed by atoms with Crippen molar-refractivity contribution in [2.45, 2.75) is 18.9 Å². The summed E-state index contributed by atoms with van der Waals surface area (Å²) in [6.07, 6.45) is 3.09. The van der Waals surface area contributed by atoms with Crippen LogP contribution in [-0.2, 0) is 6.42 Å². The minimum Gasteiger partial charge on any atom is -0.512 e. The third-order valence-corrected chi connectivity index (χ3v) is 3.84. The van der Waals surface area contributed by atoms with Gasteiger partial charge in [0, 0.05) is 29.5 Å². The highest BCUT2D eigenvalue weighted by molar-refractivity contribution is 6.33. The van der Waals surface area contributed by atoms with E-state index in [0.717, 1.165) is 24.0 Å². The van der Waals surface area contributed by atoms with Crippen molar-refractivity contribution >= 4 is 7.32 Å². The van der Waals surface area contributed by atoms with Gasteiger partial charge in [0.05, 0.1) is 14.2 Å². The molecule has 0 amide bonds. The number of benzene rings is 1. The number of ether oxygens (including phenoxy) is 3. The summed E-state index contributed by atoms with van der Waals surface area (Å²) < 4.78 is 21.4. The van der Waals surface area contributed by atoms with Gasteiger partial charge in [0.25, 0.3) is 0 Å². The molecule has 0 radical (unpaired) electrons. The Bertz CT molecular complexity index is 689. The standard InChI is InChI=1S/C16H18BNO6/c1-21-14-8-12(24-17(19)20)7-10-3-5-13(23-16(10)14)11-4-6-15(22-2)18-9-11/h4,6-9,13,19-20H,3,5H2,1-2H3. The predicted molar refractivity (Wildman–Crippen MR) is 86.3 cm³/mol. The van der Waals surface area contributed by atoms with Crippen molar-refractivity contribution in [2.75, 3.05) is 14.2 Å². The summed E-state index contributed by atoms with van der Waals surface area (Å²) in [6, 6.07) is 7.01. The summed E-state index contributed by atoms with van der Waals surface area (Å²) in [7, 11) is 1.22. The van der Waals surface area contributed by atoms with E-state index >= 15 is 0 Å². The van der Waals surface area contributed by atoms with Crippen molar-refractivity contribution < 1.29 is 28.9 Å². The number of aryl methyl sites for hydroxylation is 1. The summed E-state index contributed by atoms with van der Waals surface area (Å²) in [5, 5.41) is 17.9. The molecule has 0 saturated carbocycles. The van der Waals surface area contributed by atoms with E-state index in [-0.39, 0.29) is 6.10 Å². The molecule has 0 fully saturated rings. The molecule has 2 aromatic rings. The van der Waals surface area contributed by atoms with Gasteiger partial charge in [-0.3, -0.25) is 0 Å². The number of pyridine rings is 1. The van der Waals surface area contributed by atoms with E-state index < -0.39 is 7.32 Å². The fourth-order valence-electron chi connectivity index (χ4n) is 2.72. The monoisotopic (exact) mass is 331 g/mol. The molecule has 1 aromatic heterocycles. The molecule has 8 heteroatoms. The molecule has 7 nitrogen and oxygen atoms in total. The molecular formula is C16H18BNO6. The Morgan fingerprint density at radius 1 is 1.21 bits per heavy atom. The van der Waals surface area contributed by atoms with Crippen molar-refractivity contribution in [3.05, 3.63) is 41.6 Å². The van der Waals surface area contributed by atoms with Crippen LogP contribution in [0.5, 0.6) is 23.1 Å². The predicted octanol–water partition coefficient (Wildman–Crippen LogP) is 1.51. The molecule has 0 bridgehead atoms. The maximum atomic E-state index is 8.95. The third-order valence-electron chi connectivity index (χ3n) is 3.84. The van der Waals surface area contributed by atoms with Gasteiger partial charge in [-0.2, -0.15) is 0 Å². The molecule has 2 heterocycles. The average Bonchev–Trinajstić information content (AvgIpc) is 2.60. The van der Waals surface area contributed by atoms with Crippen LogP contribution in [0.3, 0.4) is 0 Å². The van der Waals surface area contributed by atoms with Crippen LogP contribution in [0.2, 0.25) is 0 Å². The van der Waals surface area contributed by atoms with Crippen molar-refractivity contribution in [1.82, 2.24) is 4.98 Å². The van der Waals surface area contributed by atoms with Gasteiger partial charge in [-0.05, 0) is 25.0 Å². The van der Waals surface area contributed by atoms with Gasteiger partial charge >= 0.3 is 7.32 Å². The molecule has 1 aliphatic rings. The topological polar surface area (TPSA) is 90.3 Å². The lowest BCUT2D eigenvalue weighted by molar-refractivity contribution is 0.167. The van der Waals surface area contributed by atoms with E-state index in [9.17, 15) is 0 Å². The minimum absolute atomic E-state index is 0.139. The molecule has 1 atom stereocenters. The largest absolute Gasteiger partial charge is 0.707 e. The van der Waals surface area contributed by atoms with E-state index in [1.165, 1.54) is 7.11 Å². The molecule has 0 aliphatic carbocycles. The van der Waals surface area contributed by atoms with Crippen LogP contribution in [0.4, 0.5) is 0 Å². The van der Waals surface area contributed by atoms with Crippen LogP contribution >= 0.6 is 0 Å². The van der Waals surface area contributed by atoms with Crippen LogP contribution in [0.1, 0.15) is 23.7 Å². The first-order valence-corrected chi connectivity index (χ1v) is 7.51. The Kier molecular flexibility index (Phi) is 4.77. The van der Waals surface area contributed by atoms with Crippen LogP contribution in [-0.4, -0.2) is 36.6 Å². The van der Waals surface area contributed by atoms with E-state index in [4.69, 9.17) is 28.9 Å². The lowest BCUT2D eigenvalue weighted by atomic mass is 9.97. The molecule has 2 N–H and O–H groups in total. The lowest BCUT2D eigenvalue weighted by Gasteiger charge is -2.28. The zero-order valence-electron chi connectivity index (χ0n) is 13.4. The summed E-state index contributed by atoms with van der Waals surface area (Å²) in [5.74, 6) is 1.98. The van der Waals surface area contributed by atoms with Gasteiger partial charge in [-0.1, -0.05) is 0 Å². The summed E-state index contributed by atoms with van der Waals surface area (Å²) >= 11 is 0. The first-order chi connectivity index (χ1) is 11.6. The van der Waals surface area contributed by atoms with Crippen molar-refractivity contribution in [1.29, 1.82) is 0 Å². The molecule has 1 aliphatic heterocycles. The van der Waals surface area contributed by atoms with Crippen LogP contribution in [0, 0.1) is 0 Å². The first kappa shape index (κ1) is 16.4. The normalized spacial score (nSPS) is 15.9. The Labute approximate surface area is 139 Å². The number of methoxy groups -OCH3 is 2. The first-order valence-electron chi connectivity index (χ1n) is 7.51. The summed E-state index contributed by atoms with van der Waals surface area (Å²) in [5.41, 5.74) is 1.84. The Hall–Kier alpha value is -2.45. The highest BCUT2D eigenvalue weighted by Crippen LogP contribution is 2.43. The Morgan fingerprint density at radius 3 is 2.67 bits per heavy atom. The average molecular weight is 331 g/mol. The van der Waals surface area contributed by atoms with Crippen molar-refractivity contribution in [3.63, 3.8) is 0 Å². The maximum absolute atomic E-state index is 8.95.